The van der Waals surface area contributed by atoms with E-state index >= 15 is 0 Å². The van der Waals surface area contributed by atoms with E-state index in [1.54, 1.807) is 0 Å². The van der Waals surface area contributed by atoms with Gasteiger partial charge in [0.25, 0.3) is 0 Å². The zero-order valence-electron chi connectivity index (χ0n) is 9.37. The molecule has 0 aromatic carbocycles. The monoisotopic (exact) mass is 212 g/mol. The van der Waals surface area contributed by atoms with E-state index in [4.69, 9.17) is 9.84 Å². The van der Waals surface area contributed by atoms with Gasteiger partial charge in [0.1, 0.15) is 0 Å². The summed E-state index contributed by atoms with van der Waals surface area (Å²) in [6.45, 7) is 6.55. The number of carboxylic acids is 1. The molecule has 1 aliphatic rings. The van der Waals surface area contributed by atoms with Crippen LogP contribution in [-0.4, -0.2) is 23.8 Å². The van der Waals surface area contributed by atoms with Crippen LogP contribution in [0.2, 0.25) is 0 Å². The first-order chi connectivity index (χ1) is 7.15. The normalized spacial score (nSPS) is 24.6. The molecule has 0 aromatic rings. The molecule has 1 N–H and O–H groups in total. The van der Waals surface area contributed by atoms with Crippen molar-refractivity contribution in [2.24, 2.45) is 5.92 Å². The Morgan fingerprint density at radius 1 is 1.53 bits per heavy atom. The van der Waals surface area contributed by atoms with Gasteiger partial charge in [-0.3, -0.25) is 0 Å². The predicted octanol–water partition coefficient (Wildman–Crippen LogP) is 2.61. The average Bonchev–Trinajstić information content (AvgIpc) is 2.16. The Hall–Kier alpha value is -0.830. The minimum atomic E-state index is -0.889. The van der Waals surface area contributed by atoms with E-state index in [0.29, 0.717) is 17.9 Å². The molecule has 1 rings (SSSR count). The number of hydrogen-bond acceptors (Lipinski definition) is 2. The summed E-state index contributed by atoms with van der Waals surface area (Å²) < 4.78 is 5.44. The fraction of sp³-hybridized carbons (Fsp3) is 0.750. The highest BCUT2D eigenvalue weighted by atomic mass is 16.5. The molecule has 86 valence electrons. The molecule has 1 heterocycles. The third-order valence-corrected chi connectivity index (χ3v) is 3.01. The molecule has 1 fully saturated rings. The summed E-state index contributed by atoms with van der Waals surface area (Å²) in [5.41, 5.74) is 0.291. The van der Waals surface area contributed by atoms with E-state index < -0.39 is 5.97 Å². The standard InChI is InChI=1S/C12H20O3/c1-3-4-5-10-8-15-11(10)7-6-9(2)12(13)14/h10-11H,2-8H2,1H3,(H,13,14). The van der Waals surface area contributed by atoms with E-state index in [-0.39, 0.29) is 6.10 Å². The Morgan fingerprint density at radius 3 is 2.73 bits per heavy atom. The first-order valence-electron chi connectivity index (χ1n) is 5.67. The summed E-state index contributed by atoms with van der Waals surface area (Å²) >= 11 is 0. The van der Waals surface area contributed by atoms with Crippen molar-refractivity contribution in [2.45, 2.75) is 45.1 Å². The van der Waals surface area contributed by atoms with Crippen LogP contribution < -0.4 is 0 Å². The van der Waals surface area contributed by atoms with Crippen molar-refractivity contribution in [3.63, 3.8) is 0 Å². The first kappa shape index (κ1) is 12.2. The summed E-state index contributed by atoms with van der Waals surface area (Å²) in [7, 11) is 0. The molecule has 0 saturated carbocycles. The molecule has 1 saturated heterocycles. The number of hydrogen-bond donors (Lipinski definition) is 1. The Labute approximate surface area is 91.1 Å². The van der Waals surface area contributed by atoms with Crippen LogP contribution in [0.15, 0.2) is 12.2 Å². The fourth-order valence-electron chi connectivity index (χ4n) is 1.85. The Balaban J connectivity index is 2.16. The molecule has 2 atom stereocenters. The van der Waals surface area contributed by atoms with Crippen LogP contribution in [0.25, 0.3) is 0 Å². The van der Waals surface area contributed by atoms with Gasteiger partial charge < -0.3 is 9.84 Å². The van der Waals surface area contributed by atoms with Crippen molar-refractivity contribution in [3.8, 4) is 0 Å². The highest BCUT2D eigenvalue weighted by molar-refractivity contribution is 5.85. The van der Waals surface area contributed by atoms with E-state index in [2.05, 4.69) is 13.5 Å². The van der Waals surface area contributed by atoms with Gasteiger partial charge in [-0.05, 0) is 19.3 Å². The van der Waals surface area contributed by atoms with Gasteiger partial charge in [0.15, 0.2) is 0 Å². The largest absolute Gasteiger partial charge is 0.478 e. The smallest absolute Gasteiger partial charge is 0.330 e. The molecular weight excluding hydrogens is 192 g/mol. The molecule has 0 aromatic heterocycles. The van der Waals surface area contributed by atoms with Gasteiger partial charge in [-0.2, -0.15) is 0 Å². The quantitative estimate of drug-likeness (QED) is 0.660. The van der Waals surface area contributed by atoms with E-state index in [9.17, 15) is 4.79 Å². The van der Waals surface area contributed by atoms with Gasteiger partial charge in [0, 0.05) is 11.5 Å². The first-order valence-corrected chi connectivity index (χ1v) is 5.67. The van der Waals surface area contributed by atoms with Gasteiger partial charge in [-0.1, -0.05) is 26.3 Å². The third kappa shape index (κ3) is 3.67. The van der Waals surface area contributed by atoms with Crippen molar-refractivity contribution in [2.75, 3.05) is 6.61 Å². The van der Waals surface area contributed by atoms with Crippen LogP contribution in [0.3, 0.4) is 0 Å². The van der Waals surface area contributed by atoms with Crippen LogP contribution in [0, 0.1) is 5.92 Å². The van der Waals surface area contributed by atoms with Crippen LogP contribution in [0.5, 0.6) is 0 Å². The van der Waals surface area contributed by atoms with Crippen molar-refractivity contribution in [3.05, 3.63) is 12.2 Å². The predicted molar refractivity (Wildman–Crippen MR) is 58.8 cm³/mol. The second-order valence-electron chi connectivity index (χ2n) is 4.22. The second kappa shape index (κ2) is 5.91. The molecule has 0 spiro atoms. The van der Waals surface area contributed by atoms with Crippen LogP contribution >= 0.6 is 0 Å². The van der Waals surface area contributed by atoms with Crippen molar-refractivity contribution in [1.29, 1.82) is 0 Å². The van der Waals surface area contributed by atoms with Crippen molar-refractivity contribution >= 4 is 5.97 Å². The van der Waals surface area contributed by atoms with E-state index in [1.165, 1.54) is 19.3 Å². The molecule has 1 aliphatic heterocycles. The van der Waals surface area contributed by atoms with Crippen LogP contribution in [0.4, 0.5) is 0 Å². The molecule has 15 heavy (non-hydrogen) atoms. The zero-order valence-corrected chi connectivity index (χ0v) is 9.37. The van der Waals surface area contributed by atoms with Crippen molar-refractivity contribution in [1.82, 2.24) is 0 Å². The lowest BCUT2D eigenvalue weighted by Gasteiger charge is -2.37. The van der Waals surface area contributed by atoms with Gasteiger partial charge in [0.2, 0.25) is 0 Å². The summed E-state index contributed by atoms with van der Waals surface area (Å²) in [5.74, 6) is -0.244. The van der Waals surface area contributed by atoms with E-state index in [0.717, 1.165) is 13.0 Å². The molecule has 2 unspecified atom stereocenters. The molecular formula is C12H20O3. The Morgan fingerprint density at radius 2 is 2.27 bits per heavy atom. The second-order valence-corrected chi connectivity index (χ2v) is 4.22. The Kier molecular flexibility index (Phi) is 4.82. The summed E-state index contributed by atoms with van der Waals surface area (Å²) in [6, 6.07) is 0. The summed E-state index contributed by atoms with van der Waals surface area (Å²) in [5, 5.41) is 8.65. The lowest BCUT2D eigenvalue weighted by atomic mass is 9.88. The SMILES string of the molecule is C=C(CCC1OCC1CCCC)C(=O)O. The van der Waals surface area contributed by atoms with Gasteiger partial charge >= 0.3 is 5.97 Å². The fourth-order valence-corrected chi connectivity index (χ4v) is 1.85. The molecule has 0 bridgehead atoms. The van der Waals surface area contributed by atoms with Crippen LogP contribution in [-0.2, 0) is 9.53 Å². The zero-order chi connectivity index (χ0) is 11.3. The molecule has 3 heteroatoms. The third-order valence-electron chi connectivity index (χ3n) is 3.01. The Bertz CT molecular complexity index is 235. The van der Waals surface area contributed by atoms with Gasteiger partial charge in [-0.15, -0.1) is 0 Å². The van der Waals surface area contributed by atoms with Gasteiger partial charge in [0.05, 0.1) is 12.7 Å². The lowest BCUT2D eigenvalue weighted by Crippen LogP contribution is -2.39. The minimum Gasteiger partial charge on any atom is -0.478 e. The van der Waals surface area contributed by atoms with Crippen LogP contribution in [0.1, 0.15) is 39.0 Å². The highest BCUT2D eigenvalue weighted by Gasteiger charge is 2.31. The number of rotatable bonds is 7. The molecule has 0 aliphatic carbocycles. The lowest BCUT2D eigenvalue weighted by molar-refractivity contribution is -0.134. The number of ether oxygens (including phenoxy) is 1. The maximum Gasteiger partial charge on any atom is 0.330 e. The average molecular weight is 212 g/mol. The number of unbranched alkanes of at least 4 members (excludes halogenated alkanes) is 1. The molecule has 0 amide bonds. The van der Waals surface area contributed by atoms with Crippen molar-refractivity contribution < 1.29 is 14.6 Å². The molecule has 3 nitrogen and oxygen atoms in total. The number of carboxylic acid groups (broad SMARTS) is 1. The summed E-state index contributed by atoms with van der Waals surface area (Å²) in [4.78, 5) is 10.5. The number of carbonyl (C=O) groups is 1. The minimum absolute atomic E-state index is 0.271. The van der Waals surface area contributed by atoms with E-state index in [1.807, 2.05) is 0 Å². The highest BCUT2D eigenvalue weighted by Crippen LogP contribution is 2.29. The number of aliphatic carboxylic acids is 1. The molecule has 0 radical (unpaired) electrons. The maximum absolute atomic E-state index is 10.5. The van der Waals surface area contributed by atoms with Gasteiger partial charge in [-0.25, -0.2) is 4.79 Å². The summed E-state index contributed by atoms with van der Waals surface area (Å²) in [6.07, 6.45) is 5.28. The maximum atomic E-state index is 10.5. The topological polar surface area (TPSA) is 46.5 Å².